The Balaban J connectivity index is 2.52. The number of non-ortho nitro benzene ring substituents is 1. The summed E-state index contributed by atoms with van der Waals surface area (Å²) in [6.07, 6.45) is 1.18. The van der Waals surface area contributed by atoms with Crippen LogP contribution in [0.4, 0.5) is 16.2 Å². The average molecular weight is 466 g/mol. The van der Waals surface area contributed by atoms with E-state index in [0.29, 0.717) is 25.8 Å². The van der Waals surface area contributed by atoms with Gasteiger partial charge in [0, 0.05) is 42.9 Å². The maximum Gasteiger partial charge on any atom is 0.407 e. The van der Waals surface area contributed by atoms with Gasteiger partial charge in [-0.05, 0) is 39.7 Å². The van der Waals surface area contributed by atoms with Crippen molar-refractivity contribution in [3.63, 3.8) is 0 Å². The highest BCUT2D eigenvalue weighted by Gasteiger charge is 2.17. The number of carboxylic acid groups (broad SMARTS) is 1. The molecule has 0 saturated carbocycles. The number of anilines is 1. The van der Waals surface area contributed by atoms with E-state index in [4.69, 9.17) is 9.84 Å². The van der Waals surface area contributed by atoms with Crippen molar-refractivity contribution < 1.29 is 33.9 Å². The van der Waals surface area contributed by atoms with Gasteiger partial charge in [-0.1, -0.05) is 6.42 Å². The van der Waals surface area contributed by atoms with Crippen molar-refractivity contribution in [2.24, 2.45) is 0 Å². The fraction of sp³-hybridized carbons (Fsp3) is 0.524. The number of carbonyl (C=O) groups excluding carboxylic acids is 3. The van der Waals surface area contributed by atoms with E-state index in [-0.39, 0.29) is 42.2 Å². The quantitative estimate of drug-likeness (QED) is 0.206. The molecule has 0 bridgehead atoms. The number of carbonyl (C=O) groups is 4. The van der Waals surface area contributed by atoms with E-state index < -0.39 is 28.5 Å². The summed E-state index contributed by atoms with van der Waals surface area (Å²) in [4.78, 5) is 56.9. The largest absolute Gasteiger partial charge is 0.481 e. The number of nitro groups is 1. The van der Waals surface area contributed by atoms with Crippen molar-refractivity contribution in [3.8, 4) is 0 Å². The first-order chi connectivity index (χ1) is 15.4. The summed E-state index contributed by atoms with van der Waals surface area (Å²) in [5.41, 5.74) is -0.945. The Hall–Kier alpha value is -3.70. The smallest absolute Gasteiger partial charge is 0.407 e. The summed E-state index contributed by atoms with van der Waals surface area (Å²) in [6.45, 7) is 5.56. The molecule has 0 fully saturated rings. The van der Waals surface area contributed by atoms with E-state index in [1.165, 1.54) is 6.07 Å². The molecule has 4 N–H and O–H groups in total. The maximum atomic E-state index is 12.2. The second kappa shape index (κ2) is 13.0. The molecule has 0 spiro atoms. The summed E-state index contributed by atoms with van der Waals surface area (Å²) >= 11 is 0. The number of nitro benzene ring substituents is 1. The summed E-state index contributed by atoms with van der Waals surface area (Å²) in [6, 6.07) is 3.46. The van der Waals surface area contributed by atoms with Crippen LogP contribution in [-0.4, -0.2) is 52.6 Å². The fourth-order valence-electron chi connectivity index (χ4n) is 2.62. The van der Waals surface area contributed by atoms with Gasteiger partial charge in [0.05, 0.1) is 11.3 Å². The van der Waals surface area contributed by atoms with Gasteiger partial charge in [-0.3, -0.25) is 24.5 Å². The Morgan fingerprint density at radius 2 is 1.70 bits per heavy atom. The molecule has 1 aromatic carbocycles. The standard InChI is InChI=1S/C21H30N4O8/c1-21(2,3)33-20(30)23-9-6-4-5-7-17(26)24-15-11-14(12-16(13-15)25(31)32)19(29)22-10-8-18(27)28/h11-13H,4-10H2,1-3H3,(H,22,29)(H,23,30)(H,24,26)(H,27,28). The number of hydrogen-bond donors (Lipinski definition) is 4. The SMILES string of the molecule is CC(C)(C)OC(=O)NCCCCCC(=O)Nc1cc(C(=O)NCCC(=O)O)cc([N+](=O)[O-])c1. The lowest BCUT2D eigenvalue weighted by molar-refractivity contribution is -0.384. The summed E-state index contributed by atoms with van der Waals surface area (Å²) in [7, 11) is 0. The summed E-state index contributed by atoms with van der Waals surface area (Å²) in [5.74, 6) is -2.16. The van der Waals surface area contributed by atoms with E-state index in [0.717, 1.165) is 12.1 Å². The van der Waals surface area contributed by atoms with Gasteiger partial charge in [0.15, 0.2) is 0 Å². The van der Waals surface area contributed by atoms with E-state index >= 15 is 0 Å². The number of aliphatic carboxylic acids is 1. The fourth-order valence-corrected chi connectivity index (χ4v) is 2.62. The van der Waals surface area contributed by atoms with Crippen LogP contribution in [0.15, 0.2) is 18.2 Å². The number of hydrogen-bond acceptors (Lipinski definition) is 7. The minimum absolute atomic E-state index is 0.0712. The van der Waals surface area contributed by atoms with Crippen molar-refractivity contribution in [1.82, 2.24) is 10.6 Å². The minimum atomic E-state index is -1.09. The summed E-state index contributed by atoms with van der Waals surface area (Å²) < 4.78 is 5.12. The number of rotatable bonds is 12. The lowest BCUT2D eigenvalue weighted by Gasteiger charge is -2.19. The third kappa shape index (κ3) is 12.1. The van der Waals surface area contributed by atoms with Gasteiger partial charge in [0.25, 0.3) is 11.6 Å². The lowest BCUT2D eigenvalue weighted by Crippen LogP contribution is -2.33. The van der Waals surface area contributed by atoms with Crippen LogP contribution in [0.2, 0.25) is 0 Å². The van der Waals surface area contributed by atoms with E-state index in [9.17, 15) is 29.3 Å². The molecule has 182 valence electrons. The summed E-state index contributed by atoms with van der Waals surface area (Å²) in [5, 5.41) is 27.3. The number of benzene rings is 1. The third-order valence-electron chi connectivity index (χ3n) is 4.05. The molecule has 0 aliphatic heterocycles. The predicted molar refractivity (Wildman–Crippen MR) is 119 cm³/mol. The topological polar surface area (TPSA) is 177 Å². The average Bonchev–Trinajstić information content (AvgIpc) is 2.68. The molecule has 0 saturated heterocycles. The predicted octanol–water partition coefficient (Wildman–Crippen LogP) is 2.82. The number of ether oxygens (including phenoxy) is 1. The first-order valence-electron chi connectivity index (χ1n) is 10.4. The zero-order valence-electron chi connectivity index (χ0n) is 18.9. The number of unbranched alkanes of at least 4 members (excludes halogenated alkanes) is 2. The zero-order chi connectivity index (χ0) is 25.0. The molecular formula is C21H30N4O8. The van der Waals surface area contributed by atoms with Crippen molar-refractivity contribution in [2.75, 3.05) is 18.4 Å². The van der Waals surface area contributed by atoms with Crippen LogP contribution in [0.1, 0.15) is 63.2 Å². The highest BCUT2D eigenvalue weighted by molar-refractivity contribution is 5.98. The minimum Gasteiger partial charge on any atom is -0.481 e. The van der Waals surface area contributed by atoms with Crippen LogP contribution in [0.3, 0.4) is 0 Å². The Kier molecular flexibility index (Phi) is 10.8. The van der Waals surface area contributed by atoms with Crippen molar-refractivity contribution in [3.05, 3.63) is 33.9 Å². The molecule has 1 rings (SSSR count). The van der Waals surface area contributed by atoms with Gasteiger partial charge in [-0.25, -0.2) is 4.79 Å². The molecule has 0 aromatic heterocycles. The van der Waals surface area contributed by atoms with E-state index in [1.54, 1.807) is 20.8 Å². The number of carboxylic acids is 1. The molecule has 0 heterocycles. The lowest BCUT2D eigenvalue weighted by atomic mass is 10.1. The van der Waals surface area contributed by atoms with Crippen LogP contribution >= 0.6 is 0 Å². The van der Waals surface area contributed by atoms with Crippen LogP contribution < -0.4 is 16.0 Å². The van der Waals surface area contributed by atoms with Gasteiger partial charge >= 0.3 is 12.1 Å². The van der Waals surface area contributed by atoms with Crippen molar-refractivity contribution >= 4 is 35.3 Å². The van der Waals surface area contributed by atoms with Gasteiger partial charge < -0.3 is 25.8 Å². The van der Waals surface area contributed by atoms with Gasteiger partial charge in [0.1, 0.15) is 5.60 Å². The van der Waals surface area contributed by atoms with E-state index in [1.807, 2.05) is 0 Å². The van der Waals surface area contributed by atoms with Gasteiger partial charge in [-0.15, -0.1) is 0 Å². The monoisotopic (exact) mass is 466 g/mol. The Bertz CT molecular complexity index is 880. The van der Waals surface area contributed by atoms with Crippen LogP contribution in [-0.2, 0) is 14.3 Å². The van der Waals surface area contributed by atoms with E-state index in [2.05, 4.69) is 16.0 Å². The first kappa shape index (κ1) is 27.3. The van der Waals surface area contributed by atoms with Gasteiger partial charge in [0.2, 0.25) is 5.91 Å². The van der Waals surface area contributed by atoms with Crippen LogP contribution in [0, 0.1) is 10.1 Å². The molecule has 0 aliphatic carbocycles. The Morgan fingerprint density at radius 3 is 2.30 bits per heavy atom. The molecule has 3 amide bonds. The zero-order valence-corrected chi connectivity index (χ0v) is 18.9. The highest BCUT2D eigenvalue weighted by Crippen LogP contribution is 2.21. The Morgan fingerprint density at radius 1 is 1.00 bits per heavy atom. The van der Waals surface area contributed by atoms with Crippen LogP contribution in [0.5, 0.6) is 0 Å². The maximum absolute atomic E-state index is 12.2. The molecule has 33 heavy (non-hydrogen) atoms. The molecule has 12 heteroatoms. The number of alkyl carbamates (subject to hydrolysis) is 1. The Labute approximate surface area is 191 Å². The first-order valence-corrected chi connectivity index (χ1v) is 10.4. The van der Waals surface area contributed by atoms with Crippen LogP contribution in [0.25, 0.3) is 0 Å². The normalized spacial score (nSPS) is 10.8. The molecule has 0 unspecified atom stereocenters. The second-order valence-electron chi connectivity index (χ2n) is 8.21. The number of nitrogens with zero attached hydrogens (tertiary/aromatic N) is 1. The molecule has 0 radical (unpaired) electrons. The highest BCUT2D eigenvalue weighted by atomic mass is 16.6. The second-order valence-corrected chi connectivity index (χ2v) is 8.21. The van der Waals surface area contributed by atoms with Crippen molar-refractivity contribution in [2.45, 2.75) is 58.5 Å². The molecule has 12 nitrogen and oxygen atoms in total. The van der Waals surface area contributed by atoms with Crippen molar-refractivity contribution in [1.29, 1.82) is 0 Å². The third-order valence-corrected chi connectivity index (χ3v) is 4.05. The number of amides is 3. The molecule has 0 atom stereocenters. The number of nitrogens with one attached hydrogen (secondary N) is 3. The van der Waals surface area contributed by atoms with Gasteiger partial charge in [-0.2, -0.15) is 0 Å². The molecule has 1 aromatic rings. The molecular weight excluding hydrogens is 436 g/mol. The molecule has 0 aliphatic rings.